The third kappa shape index (κ3) is 5.48. The van der Waals surface area contributed by atoms with Gasteiger partial charge in [0.15, 0.2) is 0 Å². The molecule has 5 aromatic rings. The summed E-state index contributed by atoms with van der Waals surface area (Å²) in [6.45, 7) is 2.59. The van der Waals surface area contributed by atoms with E-state index < -0.39 is 0 Å². The largest absolute Gasteiger partial charge is 0.284 e. The summed E-state index contributed by atoms with van der Waals surface area (Å²) in [7, 11) is 0. The molecule has 1 aliphatic heterocycles. The van der Waals surface area contributed by atoms with Crippen LogP contribution in [0.3, 0.4) is 0 Å². The van der Waals surface area contributed by atoms with Crippen molar-refractivity contribution in [3.63, 3.8) is 0 Å². The van der Waals surface area contributed by atoms with Crippen molar-refractivity contribution in [3.8, 4) is 23.6 Å². The van der Waals surface area contributed by atoms with Gasteiger partial charge in [0.25, 0.3) is 0 Å². The van der Waals surface area contributed by atoms with Crippen molar-refractivity contribution < 1.29 is 0 Å². The predicted molar refractivity (Wildman–Crippen MR) is 191 cm³/mol. The Hall–Kier alpha value is -5.59. The molecule has 1 aromatic heterocycles. The maximum absolute atomic E-state index is 5.79. The molecule has 2 aliphatic rings. The molecule has 0 atom stereocenters. The van der Waals surface area contributed by atoms with Crippen LogP contribution >= 0.6 is 0 Å². The molecule has 3 nitrogen and oxygen atoms in total. The van der Waals surface area contributed by atoms with Crippen LogP contribution in [0, 0.1) is 12.3 Å². The number of nitrogens with zero attached hydrogens (tertiary/aromatic N) is 3. The van der Waals surface area contributed by atoms with Gasteiger partial charge < -0.3 is 0 Å². The van der Waals surface area contributed by atoms with Crippen LogP contribution in [0.5, 0.6) is 0 Å². The highest BCUT2D eigenvalue weighted by Gasteiger charge is 2.23. The Morgan fingerprint density at radius 2 is 1.69 bits per heavy atom. The molecule has 0 amide bonds. The van der Waals surface area contributed by atoms with Gasteiger partial charge in [-0.1, -0.05) is 115 Å². The van der Waals surface area contributed by atoms with E-state index in [0.29, 0.717) is 13.0 Å². The monoisotopic (exact) mass is 579 g/mol. The quantitative estimate of drug-likeness (QED) is 0.151. The predicted octanol–water partition coefficient (Wildman–Crippen LogP) is 10.2. The Labute approximate surface area is 264 Å². The minimum absolute atomic E-state index is 0.594. The van der Waals surface area contributed by atoms with Gasteiger partial charge in [0, 0.05) is 40.6 Å². The summed E-state index contributed by atoms with van der Waals surface area (Å²) in [5, 5.41) is 3.44. The van der Waals surface area contributed by atoms with E-state index in [1.165, 1.54) is 21.9 Å². The minimum Gasteiger partial charge on any atom is -0.284 e. The minimum atomic E-state index is 0.594. The summed E-state index contributed by atoms with van der Waals surface area (Å²) in [6.07, 6.45) is 20.9. The topological polar surface area (TPSA) is 37.6 Å². The SMILES string of the molecule is C#C/C=C(\C=C/C)C1=Nc2c(ccc3c(C4=CC=CCC4)cc(-c4ccccc4)nc23)C(c2cccc3ccccc23)=NCC1. The molecule has 0 saturated heterocycles. The highest BCUT2D eigenvalue weighted by atomic mass is 14.9. The van der Waals surface area contributed by atoms with Gasteiger partial charge in [-0.2, -0.15) is 0 Å². The van der Waals surface area contributed by atoms with Gasteiger partial charge in [0.1, 0.15) is 0 Å². The van der Waals surface area contributed by atoms with E-state index in [1.54, 1.807) is 6.08 Å². The van der Waals surface area contributed by atoms with Crippen LogP contribution < -0.4 is 0 Å². The Kier molecular flexibility index (Phi) is 7.87. The smallest absolute Gasteiger partial charge is 0.0990 e. The molecule has 0 spiro atoms. The number of benzene rings is 4. The average molecular weight is 580 g/mol. The summed E-state index contributed by atoms with van der Waals surface area (Å²) in [5.41, 5.74) is 11.0. The molecule has 1 aliphatic carbocycles. The molecule has 0 unspecified atom stereocenters. The van der Waals surface area contributed by atoms with Gasteiger partial charge in [0.05, 0.1) is 28.3 Å². The van der Waals surface area contributed by atoms with E-state index in [0.717, 1.165) is 68.8 Å². The second kappa shape index (κ2) is 12.6. The molecule has 216 valence electrons. The first-order valence-corrected chi connectivity index (χ1v) is 15.5. The molecule has 45 heavy (non-hydrogen) atoms. The van der Waals surface area contributed by atoms with Crippen LogP contribution in [-0.4, -0.2) is 23.0 Å². The number of hydrogen-bond donors (Lipinski definition) is 0. The maximum atomic E-state index is 5.79. The molecule has 0 N–H and O–H groups in total. The summed E-state index contributed by atoms with van der Waals surface area (Å²) in [4.78, 5) is 16.1. The summed E-state index contributed by atoms with van der Waals surface area (Å²) < 4.78 is 0. The zero-order valence-corrected chi connectivity index (χ0v) is 25.4. The molecule has 3 heteroatoms. The first-order chi connectivity index (χ1) is 22.2. The number of aromatic nitrogens is 1. The van der Waals surface area contributed by atoms with E-state index in [-0.39, 0.29) is 0 Å². The number of terminal acetylenes is 1. The Morgan fingerprint density at radius 3 is 2.51 bits per heavy atom. The van der Waals surface area contributed by atoms with Gasteiger partial charge in [0.2, 0.25) is 0 Å². The van der Waals surface area contributed by atoms with Gasteiger partial charge in [-0.15, -0.1) is 6.42 Å². The normalized spacial score (nSPS) is 15.2. The third-order valence-electron chi connectivity index (χ3n) is 8.47. The van der Waals surface area contributed by atoms with E-state index >= 15 is 0 Å². The second-order valence-corrected chi connectivity index (χ2v) is 11.3. The number of allylic oxidation sites excluding steroid dienone is 8. The van der Waals surface area contributed by atoms with Crippen molar-refractivity contribution in [1.29, 1.82) is 0 Å². The Morgan fingerprint density at radius 1 is 0.844 bits per heavy atom. The standard InChI is InChI=1S/C42H33N3/c1-3-14-31(15-4-2)38-26-27-43-40(34-23-13-21-29-18-11-12-22-33(29)34)36-25-24-35-37(30-16-7-5-8-17-30)28-39(32-19-9-6-10-20-32)45-41(35)42(36)44-38/h1,4-7,9-16,18-25,28H,8,17,26-27H2,2H3/b15-4-,31-14+,43-40?,44-38?. The highest BCUT2D eigenvalue weighted by Crippen LogP contribution is 2.40. The summed E-state index contributed by atoms with van der Waals surface area (Å²) in [6, 6.07) is 32.0. The number of rotatable bonds is 5. The lowest BCUT2D eigenvalue weighted by molar-refractivity contribution is 1.03. The lowest BCUT2D eigenvalue weighted by atomic mass is 9.89. The van der Waals surface area contributed by atoms with Gasteiger partial charge in [-0.05, 0) is 59.9 Å². The fraction of sp³-hybridized carbons (Fsp3) is 0.119. The number of fused-ring (bicyclic) bond motifs is 4. The first-order valence-electron chi connectivity index (χ1n) is 15.5. The molecule has 0 bridgehead atoms. The number of pyridine rings is 1. The summed E-state index contributed by atoms with van der Waals surface area (Å²) >= 11 is 0. The molecule has 0 fully saturated rings. The zero-order chi connectivity index (χ0) is 30.6. The van der Waals surface area contributed by atoms with Crippen LogP contribution in [0.1, 0.15) is 42.9 Å². The van der Waals surface area contributed by atoms with E-state index in [4.69, 9.17) is 21.4 Å². The Bertz CT molecular complexity index is 2160. The van der Waals surface area contributed by atoms with Crippen molar-refractivity contribution >= 4 is 44.4 Å². The van der Waals surface area contributed by atoms with E-state index in [9.17, 15) is 0 Å². The fourth-order valence-electron chi connectivity index (χ4n) is 6.35. The lowest BCUT2D eigenvalue weighted by Crippen LogP contribution is -2.13. The molecule has 0 radical (unpaired) electrons. The molecule has 0 saturated carbocycles. The maximum Gasteiger partial charge on any atom is 0.0990 e. The fourth-order valence-corrected chi connectivity index (χ4v) is 6.35. The van der Waals surface area contributed by atoms with Gasteiger partial charge in [-0.25, -0.2) is 9.98 Å². The highest BCUT2D eigenvalue weighted by molar-refractivity contribution is 6.24. The van der Waals surface area contributed by atoms with Crippen molar-refractivity contribution in [2.24, 2.45) is 9.98 Å². The lowest BCUT2D eigenvalue weighted by Gasteiger charge is -2.20. The summed E-state index contributed by atoms with van der Waals surface area (Å²) in [5.74, 6) is 2.73. The second-order valence-electron chi connectivity index (χ2n) is 11.3. The molecule has 2 heterocycles. The van der Waals surface area contributed by atoms with Crippen molar-refractivity contribution in [2.75, 3.05) is 6.54 Å². The van der Waals surface area contributed by atoms with E-state index in [2.05, 4.69) is 109 Å². The van der Waals surface area contributed by atoms with Crippen molar-refractivity contribution in [2.45, 2.75) is 26.2 Å². The van der Waals surface area contributed by atoms with Crippen LogP contribution in [0.2, 0.25) is 0 Å². The van der Waals surface area contributed by atoms with Gasteiger partial charge in [-0.3, -0.25) is 4.99 Å². The van der Waals surface area contributed by atoms with Crippen LogP contribution in [0.15, 0.2) is 143 Å². The van der Waals surface area contributed by atoms with Crippen molar-refractivity contribution in [3.05, 3.63) is 150 Å². The Balaban J connectivity index is 1.58. The molecule has 4 aromatic carbocycles. The average Bonchev–Trinajstić information content (AvgIpc) is 3.08. The van der Waals surface area contributed by atoms with Gasteiger partial charge >= 0.3 is 0 Å². The van der Waals surface area contributed by atoms with E-state index in [1.807, 2.05) is 25.1 Å². The van der Waals surface area contributed by atoms with Crippen LogP contribution in [0.4, 0.5) is 5.69 Å². The number of hydrogen-bond acceptors (Lipinski definition) is 3. The molecule has 7 rings (SSSR count). The van der Waals surface area contributed by atoms with Crippen LogP contribution in [0.25, 0.3) is 38.5 Å². The first kappa shape index (κ1) is 28.2. The van der Waals surface area contributed by atoms with Crippen LogP contribution in [-0.2, 0) is 0 Å². The third-order valence-corrected chi connectivity index (χ3v) is 8.47. The zero-order valence-electron chi connectivity index (χ0n) is 25.4. The molecular formula is C42H33N3. The molecular weight excluding hydrogens is 546 g/mol. The van der Waals surface area contributed by atoms with Crippen molar-refractivity contribution in [1.82, 2.24) is 4.98 Å². The number of aliphatic imine (C=N–C) groups is 2.